The van der Waals surface area contributed by atoms with Gasteiger partial charge in [0, 0.05) is 23.5 Å². The molecule has 0 bridgehead atoms. The van der Waals surface area contributed by atoms with Crippen molar-refractivity contribution >= 4 is 17.4 Å². The van der Waals surface area contributed by atoms with Crippen molar-refractivity contribution in [2.45, 2.75) is 6.54 Å². The molecule has 1 aromatic heterocycles. The van der Waals surface area contributed by atoms with E-state index in [4.69, 9.17) is 14.2 Å². The summed E-state index contributed by atoms with van der Waals surface area (Å²) in [5.74, 6) is 2.38. The molecular formula is C21H17N3O4. The number of anilines is 2. The van der Waals surface area contributed by atoms with Crippen molar-refractivity contribution in [2.75, 3.05) is 23.4 Å². The number of urea groups is 1. The van der Waals surface area contributed by atoms with Crippen LogP contribution >= 0.6 is 0 Å². The zero-order chi connectivity index (χ0) is 18.9. The Bertz CT molecular complexity index is 1050. The summed E-state index contributed by atoms with van der Waals surface area (Å²) in [5, 5.41) is 2.93. The molecule has 7 nitrogen and oxygen atoms in total. The van der Waals surface area contributed by atoms with E-state index in [1.807, 2.05) is 30.3 Å². The molecule has 0 saturated heterocycles. The third kappa shape index (κ3) is 2.96. The molecule has 2 aliphatic rings. The van der Waals surface area contributed by atoms with Crippen molar-refractivity contribution in [3.05, 3.63) is 66.4 Å². The summed E-state index contributed by atoms with van der Waals surface area (Å²) in [6.45, 7) is 1.38. The van der Waals surface area contributed by atoms with Gasteiger partial charge >= 0.3 is 6.03 Å². The molecule has 0 radical (unpaired) electrons. The zero-order valence-electron chi connectivity index (χ0n) is 14.9. The molecule has 0 fully saturated rings. The maximum Gasteiger partial charge on any atom is 0.326 e. The third-order valence-electron chi connectivity index (χ3n) is 4.59. The van der Waals surface area contributed by atoms with E-state index in [1.165, 1.54) is 0 Å². The van der Waals surface area contributed by atoms with Crippen LogP contribution in [0.25, 0.3) is 0 Å². The number of nitrogens with zero attached hydrogens (tertiary/aromatic N) is 2. The number of aromatic nitrogens is 1. The average Bonchev–Trinajstić information content (AvgIpc) is 2.90. The van der Waals surface area contributed by atoms with E-state index in [0.29, 0.717) is 54.3 Å². The molecule has 0 spiro atoms. The number of carbonyl (C=O) groups excluding carboxylic acids is 1. The van der Waals surface area contributed by atoms with Crippen LogP contribution in [-0.2, 0) is 6.54 Å². The first kappa shape index (κ1) is 16.4. The first-order chi connectivity index (χ1) is 13.8. The van der Waals surface area contributed by atoms with E-state index < -0.39 is 0 Å². The third-order valence-corrected chi connectivity index (χ3v) is 4.59. The molecule has 2 aliphatic heterocycles. The Morgan fingerprint density at radius 2 is 1.82 bits per heavy atom. The van der Waals surface area contributed by atoms with Crippen molar-refractivity contribution < 1.29 is 19.0 Å². The normalized spacial score (nSPS) is 14.2. The summed E-state index contributed by atoms with van der Waals surface area (Å²) in [5.41, 5.74) is 2.13. The number of pyridine rings is 1. The predicted octanol–water partition coefficient (Wildman–Crippen LogP) is 4.20. The number of carbonyl (C=O) groups is 1. The van der Waals surface area contributed by atoms with Crippen molar-refractivity contribution in [3.8, 4) is 23.1 Å². The van der Waals surface area contributed by atoms with Gasteiger partial charge in [0.1, 0.15) is 24.7 Å². The Morgan fingerprint density at radius 1 is 0.964 bits per heavy atom. The maximum absolute atomic E-state index is 13.1. The summed E-state index contributed by atoms with van der Waals surface area (Å²) < 4.78 is 17.1. The number of amides is 2. The van der Waals surface area contributed by atoms with E-state index in [-0.39, 0.29) is 6.03 Å². The SMILES string of the molecule is O=C(Nc1ccc2c(c1)OCCO2)N1Cc2ccccc2Oc2ncccc21. The van der Waals surface area contributed by atoms with Crippen molar-refractivity contribution in [3.63, 3.8) is 0 Å². The lowest BCUT2D eigenvalue weighted by Crippen LogP contribution is -2.34. The zero-order valence-corrected chi connectivity index (χ0v) is 14.9. The fourth-order valence-corrected chi connectivity index (χ4v) is 3.25. The summed E-state index contributed by atoms with van der Waals surface area (Å²) in [6.07, 6.45) is 1.64. The van der Waals surface area contributed by atoms with Gasteiger partial charge in [0.15, 0.2) is 11.5 Å². The minimum atomic E-state index is -0.286. The molecule has 7 heteroatoms. The highest BCUT2D eigenvalue weighted by atomic mass is 16.6. The lowest BCUT2D eigenvalue weighted by atomic mass is 10.2. The molecule has 1 N–H and O–H groups in total. The summed E-state index contributed by atoms with van der Waals surface area (Å²) in [7, 11) is 0. The second kappa shape index (κ2) is 6.77. The second-order valence-electron chi connectivity index (χ2n) is 6.41. The van der Waals surface area contributed by atoms with Crippen LogP contribution in [0.3, 0.4) is 0 Å². The van der Waals surface area contributed by atoms with Crippen LogP contribution in [0.15, 0.2) is 60.8 Å². The fraction of sp³-hybridized carbons (Fsp3) is 0.143. The molecule has 5 rings (SSSR count). The second-order valence-corrected chi connectivity index (χ2v) is 6.41. The molecule has 2 amide bonds. The van der Waals surface area contributed by atoms with Gasteiger partial charge in [-0.3, -0.25) is 4.90 Å². The van der Waals surface area contributed by atoms with Gasteiger partial charge in [-0.05, 0) is 30.3 Å². The first-order valence-corrected chi connectivity index (χ1v) is 8.97. The molecule has 0 aliphatic carbocycles. The Morgan fingerprint density at radius 3 is 2.75 bits per heavy atom. The molecule has 0 saturated carbocycles. The number of benzene rings is 2. The molecule has 140 valence electrons. The van der Waals surface area contributed by atoms with Gasteiger partial charge in [-0.1, -0.05) is 18.2 Å². The van der Waals surface area contributed by atoms with Gasteiger partial charge in [0.2, 0.25) is 5.88 Å². The van der Waals surface area contributed by atoms with E-state index in [1.54, 1.807) is 35.4 Å². The monoisotopic (exact) mass is 375 g/mol. The molecule has 3 heterocycles. The van der Waals surface area contributed by atoms with Gasteiger partial charge < -0.3 is 19.5 Å². The van der Waals surface area contributed by atoms with E-state index >= 15 is 0 Å². The number of ether oxygens (including phenoxy) is 3. The molecule has 28 heavy (non-hydrogen) atoms. The van der Waals surface area contributed by atoms with E-state index in [0.717, 1.165) is 5.56 Å². The van der Waals surface area contributed by atoms with Crippen LogP contribution in [0, 0.1) is 0 Å². The van der Waals surface area contributed by atoms with E-state index in [9.17, 15) is 4.79 Å². The van der Waals surface area contributed by atoms with Crippen LogP contribution in [0.5, 0.6) is 23.1 Å². The van der Waals surface area contributed by atoms with Crippen LogP contribution in [-0.4, -0.2) is 24.2 Å². The average molecular weight is 375 g/mol. The topological polar surface area (TPSA) is 72.9 Å². The smallest absolute Gasteiger partial charge is 0.326 e. The Kier molecular flexibility index (Phi) is 3.97. The van der Waals surface area contributed by atoms with Gasteiger partial charge in [0.05, 0.1) is 6.54 Å². The number of nitrogens with one attached hydrogen (secondary N) is 1. The molecule has 0 unspecified atom stereocenters. The Hall–Kier alpha value is -3.74. The summed E-state index contributed by atoms with van der Waals surface area (Å²) in [4.78, 5) is 19.0. The fourth-order valence-electron chi connectivity index (χ4n) is 3.25. The molecular weight excluding hydrogens is 358 g/mol. The van der Waals surface area contributed by atoms with Gasteiger partial charge in [-0.2, -0.15) is 0 Å². The Labute approximate surface area is 161 Å². The van der Waals surface area contributed by atoms with Crippen molar-refractivity contribution in [2.24, 2.45) is 0 Å². The van der Waals surface area contributed by atoms with Crippen LogP contribution in [0.4, 0.5) is 16.2 Å². The van der Waals surface area contributed by atoms with Crippen LogP contribution in [0.2, 0.25) is 0 Å². The standard InChI is InChI=1S/C21H17N3O4/c25-21(23-15-7-8-18-19(12-15)27-11-10-26-18)24-13-14-4-1-2-6-17(14)28-20-16(24)5-3-9-22-20/h1-9,12H,10-11,13H2,(H,23,25). The quantitative estimate of drug-likeness (QED) is 0.690. The molecule has 3 aromatic rings. The minimum absolute atomic E-state index is 0.286. The highest BCUT2D eigenvalue weighted by Gasteiger charge is 2.26. The van der Waals surface area contributed by atoms with Crippen LogP contribution < -0.4 is 24.4 Å². The Balaban J connectivity index is 1.47. The summed E-state index contributed by atoms with van der Waals surface area (Å²) in [6, 6.07) is 16.3. The van der Waals surface area contributed by atoms with Crippen molar-refractivity contribution in [1.29, 1.82) is 0 Å². The highest BCUT2D eigenvalue weighted by molar-refractivity contribution is 6.02. The first-order valence-electron chi connectivity index (χ1n) is 8.97. The van der Waals surface area contributed by atoms with Crippen LogP contribution in [0.1, 0.15) is 5.56 Å². The number of para-hydroxylation sites is 1. The number of hydrogen-bond acceptors (Lipinski definition) is 5. The van der Waals surface area contributed by atoms with Gasteiger partial charge in [0.25, 0.3) is 0 Å². The van der Waals surface area contributed by atoms with Crippen molar-refractivity contribution in [1.82, 2.24) is 4.98 Å². The number of fused-ring (bicyclic) bond motifs is 3. The van der Waals surface area contributed by atoms with E-state index in [2.05, 4.69) is 10.3 Å². The number of hydrogen-bond donors (Lipinski definition) is 1. The largest absolute Gasteiger partial charge is 0.486 e. The van der Waals surface area contributed by atoms with Gasteiger partial charge in [-0.15, -0.1) is 0 Å². The summed E-state index contributed by atoms with van der Waals surface area (Å²) >= 11 is 0. The maximum atomic E-state index is 13.1. The lowest BCUT2D eigenvalue weighted by Gasteiger charge is -2.23. The molecule has 0 atom stereocenters. The predicted molar refractivity (Wildman–Crippen MR) is 103 cm³/mol. The lowest BCUT2D eigenvalue weighted by molar-refractivity contribution is 0.171. The highest BCUT2D eigenvalue weighted by Crippen LogP contribution is 2.38. The number of rotatable bonds is 1. The van der Waals surface area contributed by atoms with Gasteiger partial charge in [-0.25, -0.2) is 9.78 Å². The molecule has 2 aromatic carbocycles. The minimum Gasteiger partial charge on any atom is -0.486 e.